The second-order valence-corrected chi connectivity index (χ2v) is 3.85. The molecule has 0 fully saturated rings. The van der Waals surface area contributed by atoms with Gasteiger partial charge in [0, 0.05) is 18.4 Å². The van der Waals surface area contributed by atoms with Gasteiger partial charge in [0.05, 0.1) is 0 Å². The first-order valence-corrected chi connectivity index (χ1v) is 5.54. The molecule has 0 aliphatic rings. The van der Waals surface area contributed by atoms with Crippen molar-refractivity contribution in [3.63, 3.8) is 0 Å². The Morgan fingerprint density at radius 1 is 1.21 bits per heavy atom. The molecule has 0 amide bonds. The number of hydrogen-bond acceptors (Lipinski definition) is 1. The SMILES string of the molecule is CCN(CC)CCc1c(C)c[nH]c1C. The molecule has 1 rings (SSSR count). The third-order valence-electron chi connectivity index (χ3n) is 3.01. The smallest absolute Gasteiger partial charge is 0.0151 e. The van der Waals surface area contributed by atoms with Crippen LogP contribution in [0.25, 0.3) is 0 Å². The summed E-state index contributed by atoms with van der Waals surface area (Å²) >= 11 is 0. The Kier molecular flexibility index (Phi) is 4.21. The van der Waals surface area contributed by atoms with Crippen molar-refractivity contribution in [1.82, 2.24) is 9.88 Å². The Morgan fingerprint density at radius 2 is 1.86 bits per heavy atom. The number of rotatable bonds is 5. The van der Waals surface area contributed by atoms with Crippen LogP contribution in [0.2, 0.25) is 0 Å². The molecule has 0 atom stereocenters. The molecule has 2 nitrogen and oxygen atoms in total. The fourth-order valence-electron chi connectivity index (χ4n) is 1.88. The number of nitrogens with zero attached hydrogens (tertiary/aromatic N) is 1. The second kappa shape index (κ2) is 5.20. The van der Waals surface area contributed by atoms with Gasteiger partial charge in [0.1, 0.15) is 0 Å². The minimum absolute atomic E-state index is 1.15. The summed E-state index contributed by atoms with van der Waals surface area (Å²) in [5.74, 6) is 0. The molecule has 2 heteroatoms. The number of aryl methyl sites for hydroxylation is 2. The molecule has 0 unspecified atom stereocenters. The highest BCUT2D eigenvalue weighted by Crippen LogP contribution is 2.13. The monoisotopic (exact) mass is 194 g/mol. The first-order chi connectivity index (χ1) is 6.69. The van der Waals surface area contributed by atoms with E-state index in [1.807, 2.05) is 0 Å². The predicted molar refractivity (Wildman–Crippen MR) is 61.8 cm³/mol. The van der Waals surface area contributed by atoms with Crippen LogP contribution >= 0.6 is 0 Å². The van der Waals surface area contributed by atoms with E-state index in [9.17, 15) is 0 Å². The molecule has 0 aliphatic carbocycles. The largest absolute Gasteiger partial charge is 0.365 e. The maximum absolute atomic E-state index is 3.28. The molecule has 1 heterocycles. The average Bonchev–Trinajstić information content (AvgIpc) is 2.50. The number of nitrogens with one attached hydrogen (secondary N) is 1. The maximum atomic E-state index is 3.28. The van der Waals surface area contributed by atoms with Crippen LogP contribution in [0.15, 0.2) is 6.20 Å². The summed E-state index contributed by atoms with van der Waals surface area (Å²) in [7, 11) is 0. The van der Waals surface area contributed by atoms with E-state index in [1.54, 1.807) is 0 Å². The topological polar surface area (TPSA) is 19.0 Å². The van der Waals surface area contributed by atoms with Gasteiger partial charge in [-0.15, -0.1) is 0 Å². The van der Waals surface area contributed by atoms with Crippen LogP contribution in [0.1, 0.15) is 30.7 Å². The number of aromatic amines is 1. The molecule has 0 saturated carbocycles. The third kappa shape index (κ3) is 2.61. The standard InChI is InChI=1S/C12H22N2/c1-5-14(6-2)8-7-12-10(3)9-13-11(12)4/h9,13H,5-8H2,1-4H3. The molecule has 0 aromatic carbocycles. The van der Waals surface area contributed by atoms with Crippen molar-refractivity contribution in [2.45, 2.75) is 34.1 Å². The van der Waals surface area contributed by atoms with E-state index in [2.05, 4.69) is 43.8 Å². The third-order valence-corrected chi connectivity index (χ3v) is 3.01. The summed E-state index contributed by atoms with van der Waals surface area (Å²) in [6, 6.07) is 0. The normalized spacial score (nSPS) is 11.2. The Hall–Kier alpha value is -0.760. The maximum Gasteiger partial charge on any atom is 0.0151 e. The van der Waals surface area contributed by atoms with Gasteiger partial charge in [-0.1, -0.05) is 13.8 Å². The Morgan fingerprint density at radius 3 is 2.29 bits per heavy atom. The number of hydrogen-bond donors (Lipinski definition) is 1. The van der Waals surface area contributed by atoms with Crippen LogP contribution in [0.3, 0.4) is 0 Å². The molecule has 80 valence electrons. The lowest BCUT2D eigenvalue weighted by molar-refractivity contribution is 0.307. The van der Waals surface area contributed by atoms with E-state index in [1.165, 1.54) is 29.8 Å². The molecule has 0 saturated heterocycles. The molecular formula is C12H22N2. The van der Waals surface area contributed by atoms with Crippen molar-refractivity contribution >= 4 is 0 Å². The fourth-order valence-corrected chi connectivity index (χ4v) is 1.88. The van der Waals surface area contributed by atoms with Crippen LogP contribution in [0.4, 0.5) is 0 Å². The van der Waals surface area contributed by atoms with Crippen LogP contribution in [0, 0.1) is 13.8 Å². The molecule has 0 bridgehead atoms. The van der Waals surface area contributed by atoms with Crippen LogP contribution < -0.4 is 0 Å². The zero-order valence-corrected chi connectivity index (χ0v) is 9.85. The first kappa shape index (κ1) is 11.3. The Balaban J connectivity index is 2.52. The van der Waals surface area contributed by atoms with E-state index in [-0.39, 0.29) is 0 Å². The molecule has 0 spiro atoms. The highest BCUT2D eigenvalue weighted by atomic mass is 15.1. The van der Waals surface area contributed by atoms with E-state index in [4.69, 9.17) is 0 Å². The zero-order valence-electron chi connectivity index (χ0n) is 9.85. The first-order valence-electron chi connectivity index (χ1n) is 5.54. The van der Waals surface area contributed by atoms with E-state index < -0.39 is 0 Å². The Bertz CT molecular complexity index is 252. The van der Waals surface area contributed by atoms with Gasteiger partial charge in [0.2, 0.25) is 0 Å². The lowest BCUT2D eigenvalue weighted by atomic mass is 10.1. The van der Waals surface area contributed by atoms with E-state index >= 15 is 0 Å². The summed E-state index contributed by atoms with van der Waals surface area (Å²) in [5, 5.41) is 0. The van der Waals surface area contributed by atoms with Gasteiger partial charge in [-0.25, -0.2) is 0 Å². The number of aromatic nitrogens is 1. The van der Waals surface area contributed by atoms with Gasteiger partial charge < -0.3 is 9.88 Å². The van der Waals surface area contributed by atoms with Gasteiger partial charge >= 0.3 is 0 Å². The van der Waals surface area contributed by atoms with Crippen molar-refractivity contribution < 1.29 is 0 Å². The van der Waals surface area contributed by atoms with Crippen LogP contribution in [0.5, 0.6) is 0 Å². The highest BCUT2D eigenvalue weighted by molar-refractivity contribution is 5.29. The quantitative estimate of drug-likeness (QED) is 0.763. The van der Waals surface area contributed by atoms with Gasteiger partial charge in [0.15, 0.2) is 0 Å². The van der Waals surface area contributed by atoms with Gasteiger partial charge in [-0.2, -0.15) is 0 Å². The highest BCUT2D eigenvalue weighted by Gasteiger charge is 2.06. The summed E-state index contributed by atoms with van der Waals surface area (Å²) in [4.78, 5) is 5.74. The molecular weight excluding hydrogens is 172 g/mol. The zero-order chi connectivity index (χ0) is 10.6. The van der Waals surface area contributed by atoms with Crippen LogP contribution in [-0.2, 0) is 6.42 Å². The minimum Gasteiger partial charge on any atom is -0.365 e. The van der Waals surface area contributed by atoms with E-state index in [0.29, 0.717) is 0 Å². The molecule has 1 aromatic heterocycles. The van der Waals surface area contributed by atoms with Crippen molar-refractivity contribution in [2.75, 3.05) is 19.6 Å². The molecule has 1 aromatic rings. The second-order valence-electron chi connectivity index (χ2n) is 3.85. The summed E-state index contributed by atoms with van der Waals surface area (Å²) in [5.41, 5.74) is 4.22. The minimum atomic E-state index is 1.15. The lowest BCUT2D eigenvalue weighted by Gasteiger charge is -2.17. The van der Waals surface area contributed by atoms with Gasteiger partial charge in [-0.05, 0) is 44.5 Å². The van der Waals surface area contributed by atoms with Crippen molar-refractivity contribution in [3.8, 4) is 0 Å². The summed E-state index contributed by atoms with van der Waals surface area (Å²) in [6.45, 7) is 12.3. The van der Waals surface area contributed by atoms with Gasteiger partial charge in [-0.3, -0.25) is 0 Å². The Labute approximate surface area is 87.3 Å². The summed E-state index contributed by atoms with van der Waals surface area (Å²) < 4.78 is 0. The molecule has 0 aliphatic heterocycles. The number of H-pyrrole nitrogens is 1. The van der Waals surface area contributed by atoms with Crippen LogP contribution in [-0.4, -0.2) is 29.5 Å². The van der Waals surface area contributed by atoms with Gasteiger partial charge in [0.25, 0.3) is 0 Å². The molecule has 14 heavy (non-hydrogen) atoms. The number of likely N-dealkylation sites (N-methyl/N-ethyl adjacent to an activating group) is 1. The average molecular weight is 194 g/mol. The lowest BCUT2D eigenvalue weighted by Crippen LogP contribution is -2.25. The summed E-state index contributed by atoms with van der Waals surface area (Å²) in [6.07, 6.45) is 3.27. The van der Waals surface area contributed by atoms with Crippen molar-refractivity contribution in [2.24, 2.45) is 0 Å². The predicted octanol–water partition coefficient (Wildman–Crippen LogP) is 2.52. The molecule has 0 radical (unpaired) electrons. The van der Waals surface area contributed by atoms with E-state index in [0.717, 1.165) is 13.1 Å². The fraction of sp³-hybridized carbons (Fsp3) is 0.667. The van der Waals surface area contributed by atoms with Crippen molar-refractivity contribution in [1.29, 1.82) is 0 Å². The van der Waals surface area contributed by atoms with Crippen molar-refractivity contribution in [3.05, 3.63) is 23.0 Å². The molecule has 1 N–H and O–H groups in total.